The third-order valence-electron chi connectivity index (χ3n) is 4.52. The highest BCUT2D eigenvalue weighted by Crippen LogP contribution is 2.34. The van der Waals surface area contributed by atoms with Crippen LogP contribution in [0, 0.1) is 6.92 Å². The van der Waals surface area contributed by atoms with Gasteiger partial charge in [-0.3, -0.25) is 9.48 Å². The number of benzene rings is 1. The largest absolute Gasteiger partial charge is 0.416 e. The summed E-state index contributed by atoms with van der Waals surface area (Å²) in [5, 5.41) is 8.23. The zero-order chi connectivity index (χ0) is 19.3. The lowest BCUT2D eigenvalue weighted by Crippen LogP contribution is -2.42. The Morgan fingerprint density at radius 2 is 1.93 bits per heavy atom. The highest BCUT2D eigenvalue weighted by Gasteiger charge is 2.35. The van der Waals surface area contributed by atoms with Crippen molar-refractivity contribution in [2.45, 2.75) is 26.1 Å². The van der Waals surface area contributed by atoms with Crippen molar-refractivity contribution in [2.75, 3.05) is 11.4 Å². The first-order valence-electron chi connectivity index (χ1n) is 8.26. The molecule has 1 unspecified atom stereocenters. The van der Waals surface area contributed by atoms with E-state index in [-0.39, 0.29) is 11.9 Å². The predicted octanol–water partition coefficient (Wildman–Crippen LogP) is 4.09. The minimum absolute atomic E-state index is 0.151. The Balaban J connectivity index is 1.73. The maximum Gasteiger partial charge on any atom is 0.416 e. The number of fused-ring (bicyclic) bond motifs is 1. The van der Waals surface area contributed by atoms with Gasteiger partial charge in [-0.05, 0) is 38.1 Å². The number of anilines is 1. The highest BCUT2D eigenvalue weighted by atomic mass is 19.4. The van der Waals surface area contributed by atoms with Crippen LogP contribution in [0.1, 0.15) is 34.8 Å². The van der Waals surface area contributed by atoms with E-state index >= 15 is 0 Å². The minimum atomic E-state index is -4.42. The molecule has 1 atom stereocenters. The van der Waals surface area contributed by atoms with Crippen LogP contribution in [0.15, 0.2) is 41.1 Å². The fourth-order valence-corrected chi connectivity index (χ4v) is 3.20. The van der Waals surface area contributed by atoms with Crippen LogP contribution in [0.5, 0.6) is 0 Å². The molecule has 0 saturated heterocycles. The highest BCUT2D eigenvalue weighted by molar-refractivity contribution is 6.09. The van der Waals surface area contributed by atoms with Crippen LogP contribution in [-0.2, 0) is 6.18 Å². The van der Waals surface area contributed by atoms with Crippen molar-refractivity contribution in [3.05, 3.63) is 53.5 Å². The number of carbonyl (C=O) groups excluding carboxylic acids is 1. The molecule has 27 heavy (non-hydrogen) atoms. The van der Waals surface area contributed by atoms with Crippen molar-refractivity contribution in [1.82, 2.24) is 14.9 Å². The average Bonchev–Trinajstić information content (AvgIpc) is 3.24. The third kappa shape index (κ3) is 2.88. The summed E-state index contributed by atoms with van der Waals surface area (Å²) in [6.45, 7) is 3.93. The second-order valence-corrected chi connectivity index (χ2v) is 6.48. The molecule has 1 aliphatic rings. The van der Waals surface area contributed by atoms with Gasteiger partial charge >= 0.3 is 6.18 Å². The zero-order valence-electron chi connectivity index (χ0n) is 14.5. The van der Waals surface area contributed by atoms with E-state index in [9.17, 15) is 18.0 Å². The zero-order valence-corrected chi connectivity index (χ0v) is 14.5. The number of nitrogens with zero attached hydrogens (tertiary/aromatic N) is 4. The van der Waals surface area contributed by atoms with E-state index < -0.39 is 11.7 Å². The van der Waals surface area contributed by atoms with E-state index in [0.29, 0.717) is 34.9 Å². The van der Waals surface area contributed by atoms with Gasteiger partial charge in [0.1, 0.15) is 17.1 Å². The van der Waals surface area contributed by atoms with Crippen molar-refractivity contribution in [3.63, 3.8) is 0 Å². The van der Waals surface area contributed by atoms with Crippen LogP contribution in [0.3, 0.4) is 0 Å². The monoisotopic (exact) mass is 376 g/mol. The van der Waals surface area contributed by atoms with E-state index in [1.54, 1.807) is 23.9 Å². The van der Waals surface area contributed by atoms with Crippen molar-refractivity contribution >= 4 is 11.6 Å². The Morgan fingerprint density at radius 1 is 1.22 bits per heavy atom. The standard InChI is InChI=1S/C18H15F3N4O2/c1-10-9-24(13-5-3-12(4-6-13)18(19,20)21)17(26)16-14(8-22-25(10)16)15-7-11(2)27-23-15/h3-8,10H,9H2,1-2H3. The number of hydrogen-bond donors (Lipinski definition) is 0. The number of aryl methyl sites for hydroxylation is 1. The Bertz CT molecular complexity index is 1000. The molecule has 0 bridgehead atoms. The van der Waals surface area contributed by atoms with E-state index in [2.05, 4.69) is 10.3 Å². The van der Waals surface area contributed by atoms with Gasteiger partial charge in [-0.1, -0.05) is 5.16 Å². The molecule has 1 amide bonds. The molecule has 9 heteroatoms. The molecule has 4 rings (SSSR count). The Kier molecular flexibility index (Phi) is 3.83. The van der Waals surface area contributed by atoms with Gasteiger partial charge in [0, 0.05) is 18.3 Å². The fraction of sp³-hybridized carbons (Fsp3) is 0.278. The second-order valence-electron chi connectivity index (χ2n) is 6.48. The first-order valence-corrected chi connectivity index (χ1v) is 8.26. The number of carbonyl (C=O) groups is 1. The molecule has 6 nitrogen and oxygen atoms in total. The lowest BCUT2D eigenvalue weighted by molar-refractivity contribution is -0.137. The summed E-state index contributed by atoms with van der Waals surface area (Å²) >= 11 is 0. The molecule has 1 aliphatic heterocycles. The van der Waals surface area contributed by atoms with E-state index in [4.69, 9.17) is 4.52 Å². The molecule has 0 N–H and O–H groups in total. The smallest absolute Gasteiger partial charge is 0.361 e. The van der Waals surface area contributed by atoms with Crippen LogP contribution in [0.25, 0.3) is 11.3 Å². The van der Waals surface area contributed by atoms with E-state index in [1.807, 2.05) is 6.92 Å². The number of alkyl halides is 3. The van der Waals surface area contributed by atoms with Crippen LogP contribution in [0.2, 0.25) is 0 Å². The first kappa shape index (κ1) is 17.3. The number of hydrogen-bond acceptors (Lipinski definition) is 4. The van der Waals surface area contributed by atoms with Crippen LogP contribution in [-0.4, -0.2) is 27.4 Å². The lowest BCUT2D eigenvalue weighted by Gasteiger charge is -2.32. The number of rotatable bonds is 2. The van der Waals surface area contributed by atoms with Gasteiger partial charge in [0.2, 0.25) is 0 Å². The SMILES string of the molecule is Cc1cc(-c2cnn3c2C(=O)N(c2ccc(C(F)(F)F)cc2)CC3C)no1. The summed E-state index contributed by atoms with van der Waals surface area (Å²) in [5.74, 6) is 0.252. The molecular weight excluding hydrogens is 361 g/mol. The van der Waals surface area contributed by atoms with Gasteiger partial charge in [0.15, 0.2) is 0 Å². The molecule has 0 saturated carbocycles. The minimum Gasteiger partial charge on any atom is -0.361 e. The second kappa shape index (κ2) is 5.97. The average molecular weight is 376 g/mol. The molecule has 2 aromatic heterocycles. The van der Waals surface area contributed by atoms with Gasteiger partial charge in [-0.2, -0.15) is 18.3 Å². The van der Waals surface area contributed by atoms with Gasteiger partial charge < -0.3 is 9.42 Å². The van der Waals surface area contributed by atoms with E-state index in [0.717, 1.165) is 12.1 Å². The summed E-state index contributed by atoms with van der Waals surface area (Å²) in [5.41, 5.74) is 0.993. The molecular formula is C18H15F3N4O2. The Labute approximate surface area is 152 Å². The predicted molar refractivity (Wildman–Crippen MR) is 90.3 cm³/mol. The molecule has 0 radical (unpaired) electrons. The summed E-state index contributed by atoms with van der Waals surface area (Å²) in [6.07, 6.45) is -2.87. The van der Waals surface area contributed by atoms with Crippen LogP contribution in [0.4, 0.5) is 18.9 Å². The number of halogens is 3. The quantitative estimate of drug-likeness (QED) is 0.676. The molecule has 0 aliphatic carbocycles. The lowest BCUT2D eigenvalue weighted by atomic mass is 10.1. The fourth-order valence-electron chi connectivity index (χ4n) is 3.20. The summed E-state index contributed by atoms with van der Waals surface area (Å²) in [4.78, 5) is 14.5. The summed E-state index contributed by atoms with van der Waals surface area (Å²) in [7, 11) is 0. The van der Waals surface area contributed by atoms with Gasteiger partial charge in [-0.15, -0.1) is 0 Å². The first-order chi connectivity index (χ1) is 12.8. The van der Waals surface area contributed by atoms with Crippen LogP contribution < -0.4 is 4.90 Å². The third-order valence-corrected chi connectivity index (χ3v) is 4.52. The molecule has 0 fully saturated rings. The summed E-state index contributed by atoms with van der Waals surface area (Å²) < 4.78 is 45.1. The topological polar surface area (TPSA) is 64.2 Å². The molecule has 1 aromatic carbocycles. The van der Waals surface area contributed by atoms with E-state index in [1.165, 1.54) is 17.0 Å². The van der Waals surface area contributed by atoms with Crippen molar-refractivity contribution in [1.29, 1.82) is 0 Å². The van der Waals surface area contributed by atoms with Crippen molar-refractivity contribution in [2.24, 2.45) is 0 Å². The van der Waals surface area contributed by atoms with Gasteiger partial charge in [0.25, 0.3) is 5.91 Å². The maximum atomic E-state index is 13.1. The van der Waals surface area contributed by atoms with Gasteiger partial charge in [-0.25, -0.2) is 0 Å². The van der Waals surface area contributed by atoms with Crippen molar-refractivity contribution < 1.29 is 22.5 Å². The molecule has 0 spiro atoms. The Hall–Kier alpha value is -3.10. The molecule has 140 valence electrons. The van der Waals surface area contributed by atoms with Crippen LogP contribution >= 0.6 is 0 Å². The Morgan fingerprint density at radius 3 is 2.52 bits per heavy atom. The van der Waals surface area contributed by atoms with Gasteiger partial charge in [0.05, 0.1) is 23.4 Å². The number of aromatic nitrogens is 3. The summed E-state index contributed by atoms with van der Waals surface area (Å²) in [6, 6.07) is 6.11. The molecule has 3 aromatic rings. The number of amides is 1. The maximum absolute atomic E-state index is 13.1. The molecule has 3 heterocycles. The van der Waals surface area contributed by atoms with Crippen molar-refractivity contribution in [3.8, 4) is 11.3 Å². The normalized spacial score (nSPS) is 17.3.